The second-order valence-electron chi connectivity index (χ2n) is 20.2. The molecule has 0 aromatic carbocycles. The van der Waals surface area contributed by atoms with E-state index in [2.05, 4.69) is 34.7 Å². The molecular weight excluding hydrogens is 967 g/mol. The molecule has 70 heavy (non-hydrogen) atoms. The van der Waals surface area contributed by atoms with E-state index < -0.39 is 36.3 Å². The summed E-state index contributed by atoms with van der Waals surface area (Å²) in [6.07, 6.45) is 8.88. The molecular formula is C46H64BClN8O12S2. The van der Waals surface area contributed by atoms with Gasteiger partial charge < -0.3 is 48.3 Å². The second kappa shape index (κ2) is 19.9. The quantitative estimate of drug-likeness (QED) is 0.189. The summed E-state index contributed by atoms with van der Waals surface area (Å²) in [6.45, 7) is 21.3. The average molecular weight is 1030 g/mol. The fourth-order valence-electron chi connectivity index (χ4n) is 8.33. The van der Waals surface area contributed by atoms with Crippen LogP contribution in [0.3, 0.4) is 0 Å². The second-order valence-corrected chi connectivity index (χ2v) is 25.7. The molecule has 20 nitrogen and oxygen atoms in total. The number of rotatable bonds is 8. The SMILES string of the molecule is CC1(C)OB(c2cncc(CO)c2)OC1(C)C.C[C@@H]1COC[C@H]2COc3c(nc(-c4cncc(CO)c4)nc3C(C)(C)S(C)(=O)=O)N21.C[C@@H]1COC[C@H]2COc3c(nc(Cl)nc3C(C)(C)S(C)(=O)=O)N21. The van der Waals surface area contributed by atoms with Gasteiger partial charge >= 0.3 is 7.12 Å². The third kappa shape index (κ3) is 10.5. The van der Waals surface area contributed by atoms with Gasteiger partial charge in [0.05, 0.1) is 75.0 Å². The van der Waals surface area contributed by atoms with Gasteiger partial charge in [-0.1, -0.05) is 6.07 Å². The van der Waals surface area contributed by atoms with Gasteiger partial charge in [0.15, 0.2) is 48.6 Å². The zero-order valence-corrected chi connectivity index (χ0v) is 44.1. The van der Waals surface area contributed by atoms with Crippen molar-refractivity contribution in [3.8, 4) is 22.9 Å². The molecule has 24 heteroatoms. The van der Waals surface area contributed by atoms with Crippen molar-refractivity contribution >= 4 is 55.5 Å². The molecule has 9 heterocycles. The summed E-state index contributed by atoms with van der Waals surface area (Å²) in [7, 11) is -7.35. The van der Waals surface area contributed by atoms with Crippen molar-refractivity contribution in [2.45, 2.75) is 127 Å². The zero-order chi connectivity index (χ0) is 51.4. The Morgan fingerprint density at radius 3 is 1.61 bits per heavy atom. The van der Waals surface area contributed by atoms with Crippen LogP contribution < -0.4 is 24.7 Å². The number of ether oxygens (including phenoxy) is 4. The highest BCUT2D eigenvalue weighted by Crippen LogP contribution is 2.46. The summed E-state index contributed by atoms with van der Waals surface area (Å²) in [5.41, 5.74) is 2.72. The average Bonchev–Trinajstić information content (AvgIpc) is 3.53. The van der Waals surface area contributed by atoms with Gasteiger partial charge in [0.25, 0.3) is 0 Å². The van der Waals surface area contributed by atoms with Crippen LogP contribution in [0.5, 0.6) is 11.5 Å². The first-order chi connectivity index (χ1) is 32.6. The van der Waals surface area contributed by atoms with Crippen LogP contribution in [0.2, 0.25) is 5.28 Å². The zero-order valence-electron chi connectivity index (χ0n) is 41.8. The number of halogens is 1. The number of aliphatic hydroxyl groups excluding tert-OH is 2. The van der Waals surface area contributed by atoms with Gasteiger partial charge in [-0.05, 0) is 98.0 Å². The monoisotopic (exact) mass is 1030 g/mol. The fraction of sp³-hybridized carbons (Fsp3) is 0.609. The lowest BCUT2D eigenvalue weighted by atomic mass is 9.80. The van der Waals surface area contributed by atoms with Crippen LogP contribution in [-0.4, -0.2) is 152 Å². The Morgan fingerprint density at radius 1 is 0.671 bits per heavy atom. The van der Waals surface area contributed by atoms with Crippen LogP contribution in [-0.2, 0) is 61.2 Å². The lowest BCUT2D eigenvalue weighted by molar-refractivity contribution is 0.00578. The maximum Gasteiger partial charge on any atom is 0.496 e. The Hall–Kier alpha value is -4.33. The topological polar surface area (TPSA) is 248 Å². The number of anilines is 2. The van der Waals surface area contributed by atoms with Crippen molar-refractivity contribution in [2.75, 3.05) is 62.0 Å². The third-order valence-electron chi connectivity index (χ3n) is 13.8. The normalized spacial score (nSPS) is 22.6. The van der Waals surface area contributed by atoms with Crippen molar-refractivity contribution in [1.82, 2.24) is 29.9 Å². The van der Waals surface area contributed by atoms with Crippen LogP contribution in [0.25, 0.3) is 11.4 Å². The Labute approximate surface area is 415 Å². The highest BCUT2D eigenvalue weighted by atomic mass is 35.5. The number of hydrogen-bond donors (Lipinski definition) is 2. The minimum atomic E-state index is -3.51. The molecule has 0 saturated carbocycles. The number of sulfone groups is 2. The van der Waals surface area contributed by atoms with Gasteiger partial charge in [-0.25, -0.2) is 31.8 Å². The molecule has 3 saturated heterocycles. The molecule has 382 valence electrons. The van der Waals surface area contributed by atoms with Crippen molar-refractivity contribution in [3.05, 3.63) is 64.7 Å². The number of aliphatic hydroxyl groups is 2. The number of pyridine rings is 2. The predicted octanol–water partition coefficient (Wildman–Crippen LogP) is 3.57. The largest absolute Gasteiger partial charge is 0.496 e. The number of hydrogen-bond acceptors (Lipinski definition) is 20. The maximum absolute atomic E-state index is 12.6. The lowest BCUT2D eigenvalue weighted by Crippen LogP contribution is -2.56. The molecule has 4 aromatic rings. The molecule has 0 radical (unpaired) electrons. The van der Waals surface area contributed by atoms with E-state index in [1.54, 1.807) is 58.5 Å². The number of fused-ring (bicyclic) bond motifs is 6. The van der Waals surface area contributed by atoms with E-state index in [1.807, 2.05) is 47.6 Å². The highest BCUT2D eigenvalue weighted by molar-refractivity contribution is 7.91. The summed E-state index contributed by atoms with van der Waals surface area (Å²) < 4.78 is 82.1. The van der Waals surface area contributed by atoms with Crippen LogP contribution >= 0.6 is 11.6 Å². The van der Waals surface area contributed by atoms with Crippen molar-refractivity contribution < 1.29 is 55.3 Å². The van der Waals surface area contributed by atoms with Crippen LogP contribution in [0.1, 0.15) is 91.8 Å². The molecule has 2 N–H and O–H groups in total. The Bertz CT molecular complexity index is 2790. The molecule has 4 atom stereocenters. The predicted molar refractivity (Wildman–Crippen MR) is 264 cm³/mol. The van der Waals surface area contributed by atoms with Crippen molar-refractivity contribution in [2.24, 2.45) is 0 Å². The summed E-state index contributed by atoms with van der Waals surface area (Å²) in [4.78, 5) is 30.4. The Kier molecular flexibility index (Phi) is 15.2. The molecule has 0 aliphatic carbocycles. The molecule has 3 fully saturated rings. The molecule has 4 aromatic heterocycles. The van der Waals surface area contributed by atoms with Crippen LogP contribution in [0, 0.1) is 0 Å². The number of nitrogens with zero attached hydrogens (tertiary/aromatic N) is 8. The van der Waals surface area contributed by atoms with E-state index in [0.29, 0.717) is 91.1 Å². The van der Waals surface area contributed by atoms with Crippen molar-refractivity contribution in [3.63, 3.8) is 0 Å². The van der Waals surface area contributed by atoms with Gasteiger partial charge in [-0.15, -0.1) is 0 Å². The smallest absolute Gasteiger partial charge is 0.486 e. The van der Waals surface area contributed by atoms with E-state index in [1.165, 1.54) is 12.5 Å². The van der Waals surface area contributed by atoms with E-state index in [4.69, 9.17) is 49.9 Å². The van der Waals surface area contributed by atoms with Crippen LogP contribution in [0.15, 0.2) is 36.9 Å². The lowest BCUT2D eigenvalue weighted by Gasteiger charge is -2.45. The van der Waals surface area contributed by atoms with E-state index in [-0.39, 0.29) is 53.9 Å². The molecule has 0 amide bonds. The van der Waals surface area contributed by atoms with Crippen molar-refractivity contribution in [1.29, 1.82) is 0 Å². The minimum Gasteiger partial charge on any atom is -0.486 e. The van der Waals surface area contributed by atoms with Gasteiger partial charge in [0.1, 0.15) is 34.1 Å². The Balaban J connectivity index is 0.000000161. The fourth-order valence-corrected chi connectivity index (χ4v) is 9.47. The molecule has 9 rings (SSSR count). The van der Waals surface area contributed by atoms with Gasteiger partial charge in [0.2, 0.25) is 5.28 Å². The first kappa shape index (κ1) is 53.5. The number of morpholine rings is 2. The molecule has 0 spiro atoms. The maximum atomic E-state index is 12.6. The standard InChI is InChI=1S/C20H26N4O5S.C14H20ClN3O4S.C12H18BNO3/c1-12-9-28-10-15-11-29-16-17(20(2,3)30(4,26)27)22-18(23-19(16)24(12)15)14-5-13(8-25)6-21-7-14;1-8-5-21-6-9-7-22-10-11(14(2,3)23(4,19)20)16-13(15)17-12(10)18(8)9;1-11(2)12(3,4)17-13(16-11)10-5-9(8-15)6-14-7-10/h5-7,12,15,25H,8-11H2,1-4H3;8-9H,5-7H2,1-4H3;5-7,15H,8H2,1-4H3/t12-,15+;8-,9+;/m11./s1. The summed E-state index contributed by atoms with van der Waals surface area (Å²) >= 11 is 6.09. The molecule has 0 unspecified atom stereocenters. The summed E-state index contributed by atoms with van der Waals surface area (Å²) in [5.74, 6) is 2.24. The molecule has 5 aliphatic heterocycles. The van der Waals surface area contributed by atoms with Gasteiger partial charge in [0, 0.05) is 48.3 Å². The van der Waals surface area contributed by atoms with Gasteiger partial charge in [-0.3, -0.25) is 9.97 Å². The highest BCUT2D eigenvalue weighted by Gasteiger charge is 2.52. The van der Waals surface area contributed by atoms with E-state index in [9.17, 15) is 21.9 Å². The molecule has 5 aliphatic rings. The van der Waals surface area contributed by atoms with E-state index in [0.717, 1.165) is 11.0 Å². The van der Waals surface area contributed by atoms with Gasteiger partial charge in [-0.2, -0.15) is 4.98 Å². The summed E-state index contributed by atoms with van der Waals surface area (Å²) in [6, 6.07) is 3.76. The third-order valence-corrected chi connectivity index (χ3v) is 18.1. The first-order valence-corrected chi connectivity index (χ1v) is 27.1. The Morgan fingerprint density at radius 2 is 1.13 bits per heavy atom. The minimum absolute atomic E-state index is 0.0124. The first-order valence-electron chi connectivity index (χ1n) is 22.9. The number of aromatic nitrogens is 6. The van der Waals surface area contributed by atoms with E-state index >= 15 is 0 Å². The molecule has 0 bridgehead atoms. The summed E-state index contributed by atoms with van der Waals surface area (Å²) in [5, 5.41) is 18.6. The van der Waals surface area contributed by atoms with Crippen LogP contribution in [0.4, 0.5) is 11.6 Å².